The number of carbonyl (C=O) groups is 3. The van der Waals surface area contributed by atoms with E-state index >= 15 is 0 Å². The highest BCUT2D eigenvalue weighted by Gasteiger charge is 2.45. The maximum absolute atomic E-state index is 13.3. The van der Waals surface area contributed by atoms with Crippen LogP contribution in [0.25, 0.3) is 11.1 Å². The first-order valence-corrected chi connectivity index (χ1v) is 10.3. The second-order valence-corrected chi connectivity index (χ2v) is 8.30. The van der Waals surface area contributed by atoms with Crippen molar-refractivity contribution >= 4 is 35.1 Å². The van der Waals surface area contributed by atoms with Gasteiger partial charge >= 0.3 is 6.03 Å². The van der Waals surface area contributed by atoms with E-state index in [4.69, 9.17) is 11.6 Å². The van der Waals surface area contributed by atoms with Crippen molar-refractivity contribution in [3.63, 3.8) is 0 Å². The predicted molar refractivity (Wildman–Crippen MR) is 116 cm³/mol. The normalized spacial score (nSPS) is 20.3. The smallest absolute Gasteiger partial charge is 0.315 e. The zero-order valence-electron chi connectivity index (χ0n) is 16.7. The van der Waals surface area contributed by atoms with Gasteiger partial charge in [0.25, 0.3) is 5.91 Å². The number of hydrogen-bond donors (Lipinski definition) is 3. The summed E-state index contributed by atoms with van der Waals surface area (Å²) in [4.78, 5) is 39.9. The number of urea groups is 1. The average molecular weight is 427 g/mol. The summed E-state index contributed by atoms with van der Waals surface area (Å²) in [5.41, 5.74) is 2.69. The molecule has 30 heavy (non-hydrogen) atoms. The van der Waals surface area contributed by atoms with Gasteiger partial charge in [0.15, 0.2) is 0 Å². The van der Waals surface area contributed by atoms with E-state index in [1.807, 2.05) is 32.0 Å². The molecule has 2 aliphatic rings. The highest BCUT2D eigenvalue weighted by Crippen LogP contribution is 2.32. The monoisotopic (exact) mass is 426 g/mol. The molecule has 0 aliphatic carbocycles. The van der Waals surface area contributed by atoms with Crippen LogP contribution < -0.4 is 16.0 Å². The van der Waals surface area contributed by atoms with E-state index in [9.17, 15) is 14.4 Å². The average Bonchev–Trinajstić information content (AvgIpc) is 3.07. The second kappa shape index (κ2) is 7.99. The minimum absolute atomic E-state index is 0.0253. The van der Waals surface area contributed by atoms with Crippen molar-refractivity contribution in [2.24, 2.45) is 0 Å². The van der Waals surface area contributed by atoms with Crippen molar-refractivity contribution in [2.45, 2.75) is 38.4 Å². The molecule has 2 atom stereocenters. The number of nitrogens with zero attached hydrogens (tertiary/aromatic N) is 1. The molecule has 2 aromatic carbocycles. The van der Waals surface area contributed by atoms with Crippen LogP contribution >= 0.6 is 11.6 Å². The Labute approximate surface area is 179 Å². The Morgan fingerprint density at radius 3 is 2.53 bits per heavy atom. The van der Waals surface area contributed by atoms with Gasteiger partial charge in [0.1, 0.15) is 6.04 Å². The molecule has 2 aliphatic heterocycles. The molecule has 4 rings (SSSR count). The van der Waals surface area contributed by atoms with Crippen LogP contribution in [0.1, 0.15) is 30.6 Å². The lowest BCUT2D eigenvalue weighted by molar-refractivity contribution is -0.120. The fourth-order valence-electron chi connectivity index (χ4n) is 3.98. The molecule has 2 unspecified atom stereocenters. The number of benzene rings is 2. The molecule has 4 amide bonds. The van der Waals surface area contributed by atoms with Crippen LogP contribution in [0.15, 0.2) is 42.5 Å². The Balaban J connectivity index is 1.62. The van der Waals surface area contributed by atoms with E-state index in [0.29, 0.717) is 29.2 Å². The first-order chi connectivity index (χ1) is 14.3. The maximum atomic E-state index is 13.3. The second-order valence-electron chi connectivity index (χ2n) is 7.87. The van der Waals surface area contributed by atoms with Gasteiger partial charge in [-0.1, -0.05) is 29.8 Å². The fourth-order valence-corrected chi connectivity index (χ4v) is 4.11. The van der Waals surface area contributed by atoms with Crippen molar-refractivity contribution in [3.05, 3.63) is 53.1 Å². The number of amides is 4. The van der Waals surface area contributed by atoms with Crippen LogP contribution in [-0.2, 0) is 4.79 Å². The molecule has 2 aromatic rings. The summed E-state index contributed by atoms with van der Waals surface area (Å²) in [6.45, 7) is 4.11. The summed E-state index contributed by atoms with van der Waals surface area (Å²) in [6, 6.07) is 11.2. The minimum Gasteiger partial charge on any atom is -0.336 e. The number of carbonyl (C=O) groups excluding carboxylic acids is 3. The molecular weight excluding hydrogens is 404 g/mol. The topological polar surface area (TPSA) is 90.5 Å². The SMILES string of the molecule is CC(C)NC(=O)NC1CCN2C(=O)c3cc(-c4ccc(Cl)cc4)ccc3NC(=O)C12. The van der Waals surface area contributed by atoms with Crippen LogP contribution in [0, 0.1) is 0 Å². The van der Waals surface area contributed by atoms with E-state index in [2.05, 4.69) is 16.0 Å². The van der Waals surface area contributed by atoms with Gasteiger partial charge in [-0.25, -0.2) is 4.79 Å². The molecule has 7 nitrogen and oxygen atoms in total. The number of anilines is 1. The van der Waals surface area contributed by atoms with Gasteiger partial charge in [-0.05, 0) is 55.7 Å². The van der Waals surface area contributed by atoms with E-state index in [0.717, 1.165) is 11.1 Å². The summed E-state index contributed by atoms with van der Waals surface area (Å²) in [5, 5.41) is 9.10. The van der Waals surface area contributed by atoms with Gasteiger partial charge in [0, 0.05) is 17.6 Å². The Hall–Kier alpha value is -3.06. The molecule has 2 heterocycles. The van der Waals surface area contributed by atoms with E-state index < -0.39 is 12.1 Å². The summed E-state index contributed by atoms with van der Waals surface area (Å²) in [7, 11) is 0. The van der Waals surface area contributed by atoms with Gasteiger partial charge in [-0.2, -0.15) is 0 Å². The first kappa shape index (κ1) is 20.2. The van der Waals surface area contributed by atoms with Gasteiger partial charge in [-0.3, -0.25) is 9.59 Å². The van der Waals surface area contributed by atoms with Crippen LogP contribution in [0.3, 0.4) is 0 Å². The lowest BCUT2D eigenvalue weighted by Gasteiger charge is -2.25. The molecule has 8 heteroatoms. The molecule has 0 bridgehead atoms. The molecule has 0 aromatic heterocycles. The van der Waals surface area contributed by atoms with Gasteiger partial charge in [0.05, 0.1) is 17.3 Å². The minimum atomic E-state index is -0.748. The fraction of sp³-hybridized carbons (Fsp3) is 0.318. The van der Waals surface area contributed by atoms with Crippen LogP contribution in [-0.4, -0.2) is 47.4 Å². The highest BCUT2D eigenvalue weighted by molar-refractivity contribution is 6.30. The molecular formula is C22H23ClN4O3. The van der Waals surface area contributed by atoms with Gasteiger partial charge in [0.2, 0.25) is 5.91 Å². The Morgan fingerprint density at radius 1 is 1.13 bits per heavy atom. The van der Waals surface area contributed by atoms with Crippen LogP contribution in [0.2, 0.25) is 5.02 Å². The van der Waals surface area contributed by atoms with Crippen molar-refractivity contribution in [1.82, 2.24) is 15.5 Å². The van der Waals surface area contributed by atoms with E-state index in [1.165, 1.54) is 0 Å². The number of hydrogen-bond acceptors (Lipinski definition) is 3. The summed E-state index contributed by atoms with van der Waals surface area (Å²) < 4.78 is 0. The standard InChI is InChI=1S/C22H23ClN4O3/c1-12(2)24-22(30)26-18-9-10-27-19(18)20(28)25-17-8-5-14(11-16(17)21(27)29)13-3-6-15(23)7-4-13/h3-8,11-12,18-19H,9-10H2,1-2H3,(H,25,28)(H2,24,26,30). The first-order valence-electron chi connectivity index (χ1n) is 9.92. The molecule has 0 saturated carbocycles. The molecule has 156 valence electrons. The van der Waals surface area contributed by atoms with Gasteiger partial charge < -0.3 is 20.9 Å². The van der Waals surface area contributed by atoms with Crippen molar-refractivity contribution in [1.29, 1.82) is 0 Å². The van der Waals surface area contributed by atoms with E-state index in [1.54, 1.807) is 29.2 Å². The third kappa shape index (κ3) is 3.85. The number of nitrogens with one attached hydrogen (secondary N) is 3. The zero-order valence-corrected chi connectivity index (χ0v) is 17.5. The third-order valence-electron chi connectivity index (χ3n) is 5.35. The third-order valence-corrected chi connectivity index (χ3v) is 5.60. The number of halogens is 1. The lowest BCUT2D eigenvalue weighted by Crippen LogP contribution is -2.54. The molecule has 3 N–H and O–H groups in total. The van der Waals surface area contributed by atoms with Crippen LogP contribution in [0.4, 0.5) is 10.5 Å². The molecule has 0 spiro atoms. The largest absolute Gasteiger partial charge is 0.336 e. The highest BCUT2D eigenvalue weighted by atomic mass is 35.5. The Kier molecular flexibility index (Phi) is 5.39. The van der Waals surface area contributed by atoms with Gasteiger partial charge in [-0.15, -0.1) is 0 Å². The quantitative estimate of drug-likeness (QED) is 0.703. The van der Waals surface area contributed by atoms with Crippen molar-refractivity contribution in [2.75, 3.05) is 11.9 Å². The molecule has 1 saturated heterocycles. The van der Waals surface area contributed by atoms with Crippen LogP contribution in [0.5, 0.6) is 0 Å². The van der Waals surface area contributed by atoms with Crippen molar-refractivity contribution in [3.8, 4) is 11.1 Å². The summed E-state index contributed by atoms with van der Waals surface area (Å²) in [5.74, 6) is -0.522. The Bertz CT molecular complexity index is 1010. The molecule has 0 radical (unpaired) electrons. The summed E-state index contributed by atoms with van der Waals surface area (Å²) >= 11 is 5.97. The number of rotatable bonds is 3. The maximum Gasteiger partial charge on any atom is 0.315 e. The lowest BCUT2D eigenvalue weighted by atomic mass is 10.0. The zero-order chi connectivity index (χ0) is 21.4. The number of fused-ring (bicyclic) bond motifs is 2. The summed E-state index contributed by atoms with van der Waals surface area (Å²) in [6.07, 6.45) is 0.515. The Morgan fingerprint density at radius 2 is 1.83 bits per heavy atom. The molecule has 1 fully saturated rings. The predicted octanol–water partition coefficient (Wildman–Crippen LogP) is 3.25. The van der Waals surface area contributed by atoms with Crippen molar-refractivity contribution < 1.29 is 14.4 Å². The van der Waals surface area contributed by atoms with E-state index in [-0.39, 0.29) is 23.9 Å².